The molecule has 0 spiro atoms. The lowest BCUT2D eigenvalue weighted by Crippen LogP contribution is -2.03. The van der Waals surface area contributed by atoms with E-state index in [2.05, 4.69) is 0 Å². The van der Waals surface area contributed by atoms with Crippen LogP contribution < -0.4 is 14.2 Å². The first-order chi connectivity index (χ1) is 16.1. The van der Waals surface area contributed by atoms with Crippen molar-refractivity contribution in [2.75, 3.05) is 27.8 Å². The lowest BCUT2D eigenvalue weighted by atomic mass is 10.1. The van der Waals surface area contributed by atoms with Gasteiger partial charge >= 0.3 is 0 Å². The third-order valence-corrected chi connectivity index (χ3v) is 4.54. The molecule has 0 aliphatic rings. The Bertz CT molecular complexity index is 1080. The first kappa shape index (κ1) is 23.8. The molecule has 0 aliphatic heterocycles. The van der Waals surface area contributed by atoms with Crippen LogP contribution in [0.15, 0.2) is 72.8 Å². The predicted octanol–water partition coefficient (Wildman–Crippen LogP) is 4.83. The second-order valence-electron chi connectivity index (χ2n) is 6.96. The molecule has 172 valence electrons. The number of carbonyl (C=O) groups is 1. The van der Waals surface area contributed by atoms with Crippen LogP contribution in [0.2, 0.25) is 0 Å². The summed E-state index contributed by atoms with van der Waals surface area (Å²) in [6.07, 6.45) is 3.02. The molecule has 1 N–H and O–H groups in total. The van der Waals surface area contributed by atoms with Crippen molar-refractivity contribution in [2.24, 2.45) is 0 Å². The lowest BCUT2D eigenvalue weighted by Gasteiger charge is -2.13. The highest BCUT2D eigenvalue weighted by Gasteiger charge is 2.11. The zero-order valence-electron chi connectivity index (χ0n) is 18.5. The molecule has 0 fully saturated rings. The third kappa shape index (κ3) is 7.10. The number of phenolic OH excluding ortho intramolecular Hbond substituents is 1. The number of hydrogen-bond acceptors (Lipinski definition) is 7. The van der Waals surface area contributed by atoms with Crippen LogP contribution in [0.3, 0.4) is 0 Å². The molecule has 0 atom stereocenters. The smallest absolute Gasteiger partial charge is 0.189 e. The van der Waals surface area contributed by atoms with E-state index in [9.17, 15) is 9.90 Å². The number of benzene rings is 3. The number of methoxy groups -OCH3 is 2. The van der Waals surface area contributed by atoms with Gasteiger partial charge in [0.25, 0.3) is 0 Å². The monoisotopic (exact) mass is 450 g/mol. The maximum atomic E-state index is 12.6. The van der Waals surface area contributed by atoms with Crippen molar-refractivity contribution in [1.29, 1.82) is 0 Å². The standard InChI is InChI=1S/C26H26O7/c1-29-17-32-21-10-11-22(24(28)15-21)23(27)12-8-19-9-13-25(26(14-19)33-18-30-2)31-16-20-6-4-3-5-7-20/h3-15,28H,16-18H2,1-2H3/b12-8+. The van der Waals surface area contributed by atoms with E-state index >= 15 is 0 Å². The second-order valence-corrected chi connectivity index (χ2v) is 6.96. The van der Waals surface area contributed by atoms with Gasteiger partial charge in [0, 0.05) is 20.3 Å². The first-order valence-electron chi connectivity index (χ1n) is 10.2. The highest BCUT2D eigenvalue weighted by atomic mass is 16.7. The minimum Gasteiger partial charge on any atom is -0.507 e. The summed E-state index contributed by atoms with van der Waals surface area (Å²) in [6, 6.07) is 19.6. The van der Waals surface area contributed by atoms with E-state index < -0.39 is 0 Å². The molecular formula is C26H26O7. The maximum Gasteiger partial charge on any atom is 0.189 e. The van der Waals surface area contributed by atoms with Crippen LogP contribution in [0.25, 0.3) is 6.08 Å². The van der Waals surface area contributed by atoms with Crippen molar-refractivity contribution < 1.29 is 33.6 Å². The summed E-state index contributed by atoms with van der Waals surface area (Å²) < 4.78 is 26.6. The molecule has 0 radical (unpaired) electrons. The van der Waals surface area contributed by atoms with E-state index in [-0.39, 0.29) is 30.7 Å². The minimum atomic E-state index is -0.352. The summed E-state index contributed by atoms with van der Waals surface area (Å²) >= 11 is 0. The second kappa shape index (κ2) is 12.3. The number of carbonyl (C=O) groups excluding carboxylic acids is 1. The molecular weight excluding hydrogens is 424 g/mol. The zero-order chi connectivity index (χ0) is 23.5. The quantitative estimate of drug-likeness (QED) is 0.240. The molecule has 0 saturated carbocycles. The van der Waals surface area contributed by atoms with E-state index in [4.69, 9.17) is 23.7 Å². The molecule has 7 heteroatoms. The molecule has 0 aliphatic carbocycles. The minimum absolute atomic E-state index is 0.0468. The number of rotatable bonds is 12. The van der Waals surface area contributed by atoms with E-state index in [0.717, 1.165) is 11.1 Å². The van der Waals surface area contributed by atoms with Gasteiger partial charge in [-0.3, -0.25) is 4.79 Å². The molecule has 0 bridgehead atoms. The maximum absolute atomic E-state index is 12.6. The van der Waals surface area contributed by atoms with Gasteiger partial charge in [-0.05, 0) is 41.5 Å². The average Bonchev–Trinajstić information content (AvgIpc) is 2.84. The molecule has 0 heterocycles. The van der Waals surface area contributed by atoms with Crippen LogP contribution in [0.4, 0.5) is 0 Å². The van der Waals surface area contributed by atoms with E-state index in [1.807, 2.05) is 36.4 Å². The molecule has 0 unspecified atom stereocenters. The summed E-state index contributed by atoms with van der Waals surface area (Å²) in [7, 11) is 3.03. The molecule has 3 aromatic carbocycles. The van der Waals surface area contributed by atoms with Crippen molar-refractivity contribution in [2.45, 2.75) is 6.61 Å². The predicted molar refractivity (Wildman–Crippen MR) is 124 cm³/mol. The fourth-order valence-corrected chi connectivity index (χ4v) is 2.92. The zero-order valence-corrected chi connectivity index (χ0v) is 18.5. The number of phenols is 1. The van der Waals surface area contributed by atoms with Crippen molar-refractivity contribution in [3.63, 3.8) is 0 Å². The first-order valence-corrected chi connectivity index (χ1v) is 10.2. The Morgan fingerprint density at radius 2 is 1.61 bits per heavy atom. The Kier molecular flexibility index (Phi) is 8.88. The van der Waals surface area contributed by atoms with Gasteiger partial charge < -0.3 is 28.8 Å². The fraction of sp³-hybridized carbons (Fsp3) is 0.192. The van der Waals surface area contributed by atoms with Crippen molar-refractivity contribution in [3.05, 3.63) is 89.5 Å². The summed E-state index contributed by atoms with van der Waals surface area (Å²) in [5.41, 5.74) is 1.92. The molecule has 0 amide bonds. The van der Waals surface area contributed by atoms with Gasteiger partial charge in [0.05, 0.1) is 5.56 Å². The van der Waals surface area contributed by atoms with E-state index in [0.29, 0.717) is 23.9 Å². The van der Waals surface area contributed by atoms with Crippen LogP contribution >= 0.6 is 0 Å². The molecule has 3 rings (SSSR count). The number of aromatic hydroxyl groups is 1. The number of ketones is 1. The normalized spacial score (nSPS) is 10.8. The Balaban J connectivity index is 1.72. The van der Waals surface area contributed by atoms with Gasteiger partial charge in [0.2, 0.25) is 0 Å². The fourth-order valence-electron chi connectivity index (χ4n) is 2.92. The van der Waals surface area contributed by atoms with Crippen LogP contribution in [0.5, 0.6) is 23.0 Å². The summed E-state index contributed by atoms with van der Waals surface area (Å²) in [6.45, 7) is 0.492. The van der Waals surface area contributed by atoms with Gasteiger partial charge in [-0.25, -0.2) is 0 Å². The third-order valence-electron chi connectivity index (χ3n) is 4.54. The van der Waals surface area contributed by atoms with Crippen molar-refractivity contribution in [3.8, 4) is 23.0 Å². The average molecular weight is 450 g/mol. The SMILES string of the molecule is COCOc1ccc(C(=O)/C=C/c2ccc(OCc3ccccc3)c(OCOC)c2)c(O)c1. The van der Waals surface area contributed by atoms with Crippen LogP contribution in [-0.2, 0) is 16.1 Å². The molecule has 0 aromatic heterocycles. The van der Waals surface area contributed by atoms with Gasteiger partial charge in [-0.15, -0.1) is 0 Å². The Hall–Kier alpha value is -3.81. The Morgan fingerprint density at radius 1 is 0.848 bits per heavy atom. The number of allylic oxidation sites excluding steroid dienone is 1. The van der Waals surface area contributed by atoms with Gasteiger partial charge in [0.1, 0.15) is 18.1 Å². The van der Waals surface area contributed by atoms with Crippen molar-refractivity contribution >= 4 is 11.9 Å². The lowest BCUT2D eigenvalue weighted by molar-refractivity contribution is 0.0484. The largest absolute Gasteiger partial charge is 0.507 e. The van der Waals surface area contributed by atoms with Crippen LogP contribution in [-0.4, -0.2) is 38.7 Å². The molecule has 33 heavy (non-hydrogen) atoms. The number of hydrogen-bond donors (Lipinski definition) is 1. The Morgan fingerprint density at radius 3 is 2.33 bits per heavy atom. The van der Waals surface area contributed by atoms with Gasteiger partial charge in [-0.2, -0.15) is 0 Å². The summed E-state index contributed by atoms with van der Waals surface area (Å²) in [4.78, 5) is 12.6. The van der Waals surface area contributed by atoms with Crippen LogP contribution in [0, 0.1) is 0 Å². The van der Waals surface area contributed by atoms with E-state index in [1.165, 1.54) is 32.4 Å². The highest BCUT2D eigenvalue weighted by molar-refractivity contribution is 6.08. The van der Waals surface area contributed by atoms with Crippen molar-refractivity contribution in [1.82, 2.24) is 0 Å². The number of ether oxygens (including phenoxy) is 5. The van der Waals surface area contributed by atoms with E-state index in [1.54, 1.807) is 24.3 Å². The molecule has 3 aromatic rings. The molecule has 0 saturated heterocycles. The Labute approximate surface area is 192 Å². The summed E-state index contributed by atoms with van der Waals surface area (Å²) in [5, 5.41) is 10.2. The molecule has 7 nitrogen and oxygen atoms in total. The summed E-state index contributed by atoms with van der Waals surface area (Å²) in [5.74, 6) is 0.927. The topological polar surface area (TPSA) is 83.5 Å². The van der Waals surface area contributed by atoms with Gasteiger partial charge in [0.15, 0.2) is 30.9 Å². The highest BCUT2D eigenvalue weighted by Crippen LogP contribution is 2.30. The van der Waals surface area contributed by atoms with Crippen LogP contribution in [0.1, 0.15) is 21.5 Å². The van der Waals surface area contributed by atoms with Gasteiger partial charge in [-0.1, -0.05) is 42.5 Å².